The van der Waals surface area contributed by atoms with Gasteiger partial charge in [0.15, 0.2) is 0 Å². The maximum Gasteiger partial charge on any atom is 0.420 e. The third-order valence-corrected chi connectivity index (χ3v) is 8.15. The van der Waals surface area contributed by atoms with Crippen LogP contribution in [0.25, 0.3) is 11.0 Å². The quantitative estimate of drug-likeness (QED) is 0.202. The molecule has 0 saturated heterocycles. The Morgan fingerprint density at radius 3 is 2.73 bits per heavy atom. The molecule has 2 aromatic carbocycles. The lowest BCUT2D eigenvalue weighted by atomic mass is 9.90. The van der Waals surface area contributed by atoms with Crippen LogP contribution in [-0.2, 0) is 24.1 Å². The highest BCUT2D eigenvalue weighted by Gasteiger charge is 2.31. The number of ether oxygens (including phenoxy) is 1. The molecule has 2 amide bonds. The van der Waals surface area contributed by atoms with Crippen LogP contribution < -0.4 is 5.32 Å². The topological polar surface area (TPSA) is 106 Å². The molecule has 2 aliphatic rings. The Morgan fingerprint density at radius 1 is 1.09 bits per heavy atom. The molecule has 44 heavy (non-hydrogen) atoms. The average Bonchev–Trinajstić information content (AvgIpc) is 3.50. The van der Waals surface area contributed by atoms with Crippen LogP contribution in [0.4, 0.5) is 4.79 Å². The number of allylic oxidation sites excluding steroid dienone is 1. The van der Waals surface area contributed by atoms with Crippen molar-refractivity contribution in [3.63, 3.8) is 0 Å². The summed E-state index contributed by atoms with van der Waals surface area (Å²) >= 11 is 0. The van der Waals surface area contributed by atoms with E-state index in [1.54, 1.807) is 10.6 Å². The Bertz CT molecular complexity index is 1800. The monoisotopic (exact) mass is 591 g/mol. The van der Waals surface area contributed by atoms with E-state index < -0.39 is 11.7 Å². The highest BCUT2D eigenvalue weighted by atomic mass is 16.6. The van der Waals surface area contributed by atoms with Gasteiger partial charge in [-0.1, -0.05) is 42.0 Å². The Kier molecular flexibility index (Phi) is 7.90. The first-order valence-electron chi connectivity index (χ1n) is 15.1. The number of hydrogen-bond acceptors (Lipinski definition) is 7. The highest BCUT2D eigenvalue weighted by Crippen LogP contribution is 2.34. The smallest absolute Gasteiger partial charge is 0.420 e. The first-order valence-corrected chi connectivity index (χ1v) is 15.1. The lowest BCUT2D eigenvalue weighted by Gasteiger charge is -2.34. The van der Waals surface area contributed by atoms with E-state index in [0.717, 1.165) is 41.6 Å². The van der Waals surface area contributed by atoms with Crippen LogP contribution in [0, 0.1) is 0 Å². The van der Waals surface area contributed by atoms with Crippen molar-refractivity contribution in [1.29, 1.82) is 0 Å². The second-order valence-electron chi connectivity index (χ2n) is 12.6. The van der Waals surface area contributed by atoms with Crippen LogP contribution in [0.1, 0.15) is 89.9 Å². The fourth-order valence-electron chi connectivity index (χ4n) is 6.20. The van der Waals surface area contributed by atoms with Crippen molar-refractivity contribution < 1.29 is 19.1 Å². The number of amides is 2. The summed E-state index contributed by atoms with van der Waals surface area (Å²) in [6.07, 6.45) is 7.02. The molecule has 0 radical (unpaired) electrons. The molecule has 4 aromatic rings. The number of para-hydroxylation sites is 2. The molecular formula is C35H37N5O4. The first-order chi connectivity index (χ1) is 21.1. The lowest BCUT2D eigenvalue weighted by molar-refractivity contribution is 0.0531. The number of carbonyl (C=O) groups excluding carboxylic acids is 3. The molecule has 2 aromatic heterocycles. The number of carbonyl (C=O) groups is 3. The predicted molar refractivity (Wildman–Crippen MR) is 167 cm³/mol. The van der Waals surface area contributed by atoms with E-state index in [2.05, 4.69) is 22.4 Å². The summed E-state index contributed by atoms with van der Waals surface area (Å²) in [6.45, 7) is 8.58. The lowest BCUT2D eigenvalue weighted by Crippen LogP contribution is -2.34. The van der Waals surface area contributed by atoms with Crippen LogP contribution >= 0.6 is 0 Å². The molecule has 1 aliphatic heterocycles. The number of hydrogen-bond donors (Lipinski definition) is 1. The maximum absolute atomic E-state index is 13.5. The zero-order valence-electron chi connectivity index (χ0n) is 25.6. The number of aromatic nitrogens is 3. The van der Waals surface area contributed by atoms with Crippen molar-refractivity contribution in [2.75, 3.05) is 6.54 Å². The summed E-state index contributed by atoms with van der Waals surface area (Å²) in [6, 6.07) is 17.2. The van der Waals surface area contributed by atoms with Crippen LogP contribution in [0.15, 0.2) is 72.4 Å². The van der Waals surface area contributed by atoms with Crippen molar-refractivity contribution in [3.8, 4) is 0 Å². The minimum absolute atomic E-state index is 0.0280. The van der Waals surface area contributed by atoms with E-state index >= 15 is 0 Å². The molecular weight excluding hydrogens is 554 g/mol. The number of imidazole rings is 1. The summed E-state index contributed by atoms with van der Waals surface area (Å²) < 4.78 is 7.41. The second-order valence-corrected chi connectivity index (χ2v) is 12.6. The van der Waals surface area contributed by atoms with Gasteiger partial charge in [0, 0.05) is 12.7 Å². The van der Waals surface area contributed by atoms with Gasteiger partial charge in [0.25, 0.3) is 11.8 Å². The molecule has 1 aliphatic carbocycles. The van der Waals surface area contributed by atoms with Crippen molar-refractivity contribution >= 4 is 28.9 Å². The van der Waals surface area contributed by atoms with Crippen molar-refractivity contribution in [1.82, 2.24) is 24.8 Å². The van der Waals surface area contributed by atoms with Crippen LogP contribution in [0.5, 0.6) is 0 Å². The van der Waals surface area contributed by atoms with Gasteiger partial charge in [-0.05, 0) is 88.8 Å². The first kappa shape index (κ1) is 29.4. The highest BCUT2D eigenvalue weighted by molar-refractivity contribution is 6.22. The molecule has 0 saturated carbocycles. The number of aryl methyl sites for hydroxylation is 1. The Balaban J connectivity index is 1.35. The minimum atomic E-state index is -0.662. The van der Waals surface area contributed by atoms with Gasteiger partial charge >= 0.3 is 6.09 Å². The molecule has 0 fully saturated rings. The van der Waals surface area contributed by atoms with Crippen LogP contribution in [0.2, 0.25) is 0 Å². The Hall–Kier alpha value is -4.63. The summed E-state index contributed by atoms with van der Waals surface area (Å²) in [5.74, 6) is -0.0948. The largest absolute Gasteiger partial charge is 0.443 e. The number of fused-ring (bicyclic) bond motifs is 3. The van der Waals surface area contributed by atoms with E-state index in [1.807, 2.05) is 76.4 Å². The van der Waals surface area contributed by atoms with Gasteiger partial charge < -0.3 is 4.74 Å². The van der Waals surface area contributed by atoms with Gasteiger partial charge in [-0.25, -0.2) is 14.3 Å². The van der Waals surface area contributed by atoms with E-state index in [-0.39, 0.29) is 17.9 Å². The zero-order valence-corrected chi connectivity index (χ0v) is 25.6. The summed E-state index contributed by atoms with van der Waals surface area (Å²) in [4.78, 5) is 50.3. The van der Waals surface area contributed by atoms with E-state index in [0.29, 0.717) is 42.0 Å². The fourth-order valence-corrected chi connectivity index (χ4v) is 6.20. The van der Waals surface area contributed by atoms with Crippen LogP contribution in [0.3, 0.4) is 0 Å². The van der Waals surface area contributed by atoms with E-state index in [9.17, 15) is 14.4 Å². The average molecular weight is 592 g/mol. The predicted octanol–water partition coefficient (Wildman–Crippen LogP) is 6.17. The van der Waals surface area contributed by atoms with Gasteiger partial charge in [0.05, 0.1) is 40.4 Å². The van der Waals surface area contributed by atoms with Gasteiger partial charge in [-0.3, -0.25) is 24.8 Å². The van der Waals surface area contributed by atoms with E-state index in [4.69, 9.17) is 14.7 Å². The van der Waals surface area contributed by atoms with Gasteiger partial charge in [0.1, 0.15) is 11.4 Å². The molecule has 9 nitrogen and oxygen atoms in total. The van der Waals surface area contributed by atoms with Crippen molar-refractivity contribution in [3.05, 3.63) is 106 Å². The molecule has 3 heterocycles. The van der Waals surface area contributed by atoms with Gasteiger partial charge in [0.2, 0.25) is 0 Å². The molecule has 0 spiro atoms. The number of nitrogens with one attached hydrogen (secondary N) is 1. The maximum atomic E-state index is 13.5. The molecule has 0 bridgehead atoms. The standard InChI is InChI=1S/C35H37N5O4/c1-22(20-24-11-7-13-25-30(24)33(42)38-32(25)41)17-19-39(28-16-8-10-23-12-9-18-36-31(23)28)21-29-37-26-14-5-6-15-27(26)40(29)34(43)44-35(2,3)4/h5-7,9,11-15,17-18,28H,8,10,16,19-21H2,1-4H3,(H,38,41,42)/b22-17-. The Morgan fingerprint density at radius 2 is 1.91 bits per heavy atom. The van der Waals surface area contributed by atoms with Crippen molar-refractivity contribution in [2.45, 2.75) is 71.6 Å². The summed E-state index contributed by atoms with van der Waals surface area (Å²) in [7, 11) is 0. The number of benzene rings is 2. The van der Waals surface area contributed by atoms with Gasteiger partial charge in [-0.2, -0.15) is 0 Å². The number of imide groups is 1. The van der Waals surface area contributed by atoms with Crippen LogP contribution in [-0.4, -0.2) is 49.5 Å². The molecule has 1 unspecified atom stereocenters. The fraction of sp³-hybridized carbons (Fsp3) is 0.343. The SMILES string of the molecule is C/C(=C/CN(Cc1nc2ccccc2n1C(=O)OC(C)(C)C)C1CCCc2cccnc21)Cc1cccc2c1C(=O)NC2=O. The number of nitrogens with zero attached hydrogens (tertiary/aromatic N) is 4. The number of pyridine rings is 1. The second kappa shape index (κ2) is 11.8. The van der Waals surface area contributed by atoms with E-state index in [1.165, 1.54) is 5.56 Å². The molecule has 1 N–H and O–H groups in total. The summed E-state index contributed by atoms with van der Waals surface area (Å²) in [5, 5.41) is 2.41. The third-order valence-electron chi connectivity index (χ3n) is 8.15. The third kappa shape index (κ3) is 5.92. The molecule has 6 rings (SSSR count). The molecule has 1 atom stereocenters. The zero-order chi connectivity index (χ0) is 31.0. The summed E-state index contributed by atoms with van der Waals surface area (Å²) in [5.41, 5.74) is 5.84. The normalized spacial score (nSPS) is 16.7. The van der Waals surface area contributed by atoms with Gasteiger partial charge in [-0.15, -0.1) is 0 Å². The Labute approximate surface area is 256 Å². The molecule has 9 heteroatoms. The molecule has 226 valence electrons. The number of rotatable bonds is 7. The minimum Gasteiger partial charge on any atom is -0.443 e. The van der Waals surface area contributed by atoms with Crippen molar-refractivity contribution in [2.24, 2.45) is 0 Å².